The molecule has 0 fully saturated rings. The van der Waals surface area contributed by atoms with E-state index >= 15 is 0 Å². The monoisotopic (exact) mass is 369 g/mol. The highest BCUT2D eigenvalue weighted by Gasteiger charge is 2.30. The smallest absolute Gasteiger partial charge is 0.416 e. The molecule has 1 aliphatic rings. The number of halogens is 3. The molecule has 4 nitrogen and oxygen atoms in total. The predicted octanol–water partition coefficient (Wildman–Crippen LogP) is 4.95. The van der Waals surface area contributed by atoms with Crippen LogP contribution in [0.4, 0.5) is 18.0 Å². The summed E-state index contributed by atoms with van der Waals surface area (Å²) >= 11 is 1.19. The SMILES string of the molecule is O=C(O)NC1CCOc2cc(Sc3cccc(C(F)(F)F)c3)ccc21. The molecule has 3 rings (SSSR count). The zero-order valence-electron chi connectivity index (χ0n) is 12.8. The summed E-state index contributed by atoms with van der Waals surface area (Å²) in [4.78, 5) is 12.0. The van der Waals surface area contributed by atoms with Crippen molar-refractivity contribution in [3.8, 4) is 5.75 Å². The van der Waals surface area contributed by atoms with Gasteiger partial charge in [0.15, 0.2) is 0 Å². The third-order valence-corrected chi connectivity index (χ3v) is 4.70. The second kappa shape index (κ2) is 6.87. The highest BCUT2D eigenvalue weighted by Crippen LogP contribution is 2.38. The zero-order valence-corrected chi connectivity index (χ0v) is 13.7. The zero-order chi connectivity index (χ0) is 18.0. The maximum atomic E-state index is 12.8. The first-order valence-electron chi connectivity index (χ1n) is 7.44. The lowest BCUT2D eigenvalue weighted by molar-refractivity contribution is -0.137. The molecule has 0 saturated carbocycles. The van der Waals surface area contributed by atoms with Crippen molar-refractivity contribution >= 4 is 17.9 Å². The van der Waals surface area contributed by atoms with Crippen LogP contribution in [-0.2, 0) is 6.18 Å². The average Bonchev–Trinajstić information content (AvgIpc) is 2.54. The van der Waals surface area contributed by atoms with Gasteiger partial charge in [-0.2, -0.15) is 13.2 Å². The number of nitrogens with one attached hydrogen (secondary N) is 1. The Bertz CT molecular complexity index is 795. The summed E-state index contributed by atoms with van der Waals surface area (Å²) in [6.07, 6.45) is -4.97. The molecule has 2 aromatic rings. The van der Waals surface area contributed by atoms with Gasteiger partial charge in [-0.25, -0.2) is 4.79 Å². The van der Waals surface area contributed by atoms with Crippen molar-refractivity contribution in [2.45, 2.75) is 28.4 Å². The summed E-state index contributed by atoms with van der Waals surface area (Å²) in [5.41, 5.74) is 0.0273. The minimum Gasteiger partial charge on any atom is -0.493 e. The Labute approximate surface area is 146 Å². The molecule has 0 bridgehead atoms. The van der Waals surface area contributed by atoms with Gasteiger partial charge in [0.05, 0.1) is 18.2 Å². The first-order chi connectivity index (χ1) is 11.8. The van der Waals surface area contributed by atoms with Crippen LogP contribution in [-0.4, -0.2) is 17.8 Å². The van der Waals surface area contributed by atoms with E-state index in [9.17, 15) is 18.0 Å². The van der Waals surface area contributed by atoms with E-state index in [0.29, 0.717) is 28.6 Å². The molecule has 0 spiro atoms. The van der Waals surface area contributed by atoms with E-state index in [4.69, 9.17) is 9.84 Å². The fraction of sp³-hybridized carbons (Fsp3) is 0.235. The van der Waals surface area contributed by atoms with Crippen LogP contribution in [0, 0.1) is 0 Å². The molecule has 0 aromatic heterocycles. The standard InChI is InChI=1S/C17H14F3NO3S/c18-17(19,20)10-2-1-3-11(8-10)25-12-4-5-13-14(21-16(22)23)6-7-24-15(13)9-12/h1-5,8-9,14,21H,6-7H2,(H,22,23). The summed E-state index contributed by atoms with van der Waals surface area (Å²) in [5.74, 6) is 0.543. The van der Waals surface area contributed by atoms with Crippen LogP contribution in [0.25, 0.3) is 0 Å². The molecule has 1 aliphatic heterocycles. The minimum absolute atomic E-state index is 0.353. The van der Waals surface area contributed by atoms with E-state index in [1.807, 2.05) is 0 Å². The third kappa shape index (κ3) is 4.19. The van der Waals surface area contributed by atoms with Crippen LogP contribution in [0.3, 0.4) is 0 Å². The van der Waals surface area contributed by atoms with Crippen LogP contribution in [0.2, 0.25) is 0 Å². The second-order valence-electron chi connectivity index (χ2n) is 5.47. The van der Waals surface area contributed by atoms with E-state index in [1.165, 1.54) is 17.8 Å². The first-order valence-corrected chi connectivity index (χ1v) is 8.26. The van der Waals surface area contributed by atoms with E-state index in [1.54, 1.807) is 24.3 Å². The summed E-state index contributed by atoms with van der Waals surface area (Å²) in [6.45, 7) is 0.371. The average molecular weight is 369 g/mol. The van der Waals surface area contributed by atoms with Crippen molar-refractivity contribution < 1.29 is 27.8 Å². The summed E-state index contributed by atoms with van der Waals surface area (Å²) < 4.78 is 43.9. The van der Waals surface area contributed by atoms with E-state index in [-0.39, 0.29) is 6.04 Å². The summed E-state index contributed by atoms with van der Waals surface area (Å²) in [7, 11) is 0. The molecule has 132 valence electrons. The van der Waals surface area contributed by atoms with Crippen molar-refractivity contribution in [2.75, 3.05) is 6.61 Å². The lowest BCUT2D eigenvalue weighted by Crippen LogP contribution is -2.30. The Morgan fingerprint density at radius 3 is 2.68 bits per heavy atom. The van der Waals surface area contributed by atoms with Gasteiger partial charge < -0.3 is 15.2 Å². The molecule has 8 heteroatoms. The quantitative estimate of drug-likeness (QED) is 0.804. The van der Waals surface area contributed by atoms with Crippen molar-refractivity contribution in [1.82, 2.24) is 5.32 Å². The van der Waals surface area contributed by atoms with E-state index in [2.05, 4.69) is 5.32 Å². The van der Waals surface area contributed by atoms with Crippen LogP contribution in [0.15, 0.2) is 52.3 Å². The third-order valence-electron chi connectivity index (χ3n) is 3.72. The number of ether oxygens (including phenoxy) is 1. The fourth-order valence-corrected chi connectivity index (χ4v) is 3.51. The van der Waals surface area contributed by atoms with Crippen molar-refractivity contribution in [1.29, 1.82) is 0 Å². The Morgan fingerprint density at radius 1 is 1.20 bits per heavy atom. The number of carbonyl (C=O) groups is 1. The molecule has 0 aliphatic carbocycles. The molecular weight excluding hydrogens is 355 g/mol. The Kier molecular flexibility index (Phi) is 4.80. The van der Waals surface area contributed by atoms with Crippen molar-refractivity contribution in [2.24, 2.45) is 0 Å². The number of carboxylic acid groups (broad SMARTS) is 1. The number of hydrogen-bond acceptors (Lipinski definition) is 3. The highest BCUT2D eigenvalue weighted by molar-refractivity contribution is 7.99. The summed E-state index contributed by atoms with van der Waals surface area (Å²) in [5, 5.41) is 11.3. The Hall–Kier alpha value is -2.35. The van der Waals surface area contributed by atoms with E-state index < -0.39 is 17.8 Å². The van der Waals surface area contributed by atoms with Crippen LogP contribution in [0.1, 0.15) is 23.6 Å². The van der Waals surface area contributed by atoms with Crippen LogP contribution >= 0.6 is 11.8 Å². The van der Waals surface area contributed by atoms with Gasteiger partial charge >= 0.3 is 12.3 Å². The number of alkyl halides is 3. The lowest BCUT2D eigenvalue weighted by Gasteiger charge is -2.26. The normalized spacial score (nSPS) is 16.7. The fourth-order valence-electron chi connectivity index (χ4n) is 2.60. The molecule has 2 N–H and O–H groups in total. The van der Waals surface area contributed by atoms with Gasteiger partial charge in [-0.3, -0.25) is 0 Å². The number of hydrogen-bond donors (Lipinski definition) is 2. The largest absolute Gasteiger partial charge is 0.493 e. The Balaban J connectivity index is 1.82. The molecule has 1 atom stereocenters. The molecule has 0 saturated heterocycles. The molecule has 1 amide bonds. The maximum Gasteiger partial charge on any atom is 0.416 e. The van der Waals surface area contributed by atoms with Crippen LogP contribution in [0.5, 0.6) is 5.75 Å². The van der Waals surface area contributed by atoms with Crippen molar-refractivity contribution in [3.05, 3.63) is 53.6 Å². The molecule has 0 radical (unpaired) electrons. The predicted molar refractivity (Wildman–Crippen MR) is 86.0 cm³/mol. The first kappa shape index (κ1) is 17.5. The number of fused-ring (bicyclic) bond motifs is 1. The molecule has 25 heavy (non-hydrogen) atoms. The topological polar surface area (TPSA) is 58.6 Å². The molecule has 1 heterocycles. The molecule has 2 aromatic carbocycles. The number of benzene rings is 2. The van der Waals surface area contributed by atoms with Gasteiger partial charge in [-0.05, 0) is 30.3 Å². The minimum atomic E-state index is -4.38. The summed E-state index contributed by atoms with van der Waals surface area (Å²) in [6, 6.07) is 9.95. The van der Waals surface area contributed by atoms with Gasteiger partial charge in [0.2, 0.25) is 0 Å². The van der Waals surface area contributed by atoms with Gasteiger partial charge in [0.25, 0.3) is 0 Å². The Morgan fingerprint density at radius 2 is 1.96 bits per heavy atom. The van der Waals surface area contributed by atoms with Crippen LogP contribution < -0.4 is 10.1 Å². The molecule has 1 unspecified atom stereocenters. The van der Waals surface area contributed by atoms with Gasteiger partial charge in [-0.15, -0.1) is 0 Å². The number of rotatable bonds is 3. The van der Waals surface area contributed by atoms with Crippen molar-refractivity contribution in [3.63, 3.8) is 0 Å². The van der Waals surface area contributed by atoms with E-state index in [0.717, 1.165) is 17.7 Å². The highest BCUT2D eigenvalue weighted by atomic mass is 32.2. The molecular formula is C17H14F3NO3S. The van der Waals surface area contributed by atoms with Gasteiger partial charge in [0, 0.05) is 21.8 Å². The van der Waals surface area contributed by atoms with Gasteiger partial charge in [0.1, 0.15) is 5.75 Å². The van der Waals surface area contributed by atoms with Gasteiger partial charge in [-0.1, -0.05) is 23.9 Å². The maximum absolute atomic E-state index is 12.8. The number of amides is 1. The second-order valence-corrected chi connectivity index (χ2v) is 6.61. The lowest BCUT2D eigenvalue weighted by atomic mass is 10.0.